The highest BCUT2D eigenvalue weighted by Gasteiger charge is 2.11. The minimum Gasteiger partial charge on any atom is -0.496 e. The fourth-order valence-electron chi connectivity index (χ4n) is 4.35. The fourth-order valence-corrected chi connectivity index (χ4v) is 4.35. The van der Waals surface area contributed by atoms with Gasteiger partial charge in [-0.05, 0) is 86.3 Å². The molecule has 0 aromatic heterocycles. The number of aryl methyl sites for hydroxylation is 1. The lowest BCUT2D eigenvalue weighted by molar-refractivity contribution is -0.114. The van der Waals surface area contributed by atoms with Crippen molar-refractivity contribution in [1.29, 1.82) is 0 Å². The predicted octanol–water partition coefficient (Wildman–Crippen LogP) is 10.1. The molecule has 0 radical (unpaired) electrons. The number of carbonyl (C=O) groups is 2. The Hall–Kier alpha value is -3.24. The van der Waals surface area contributed by atoms with Crippen molar-refractivity contribution in [3.63, 3.8) is 0 Å². The smallest absolute Gasteiger partial charge is 0.155 e. The summed E-state index contributed by atoms with van der Waals surface area (Å²) in [6.45, 7) is 12.6. The summed E-state index contributed by atoms with van der Waals surface area (Å²) in [5, 5.41) is 7.00. The molecule has 42 heavy (non-hydrogen) atoms. The molecular weight excluding hydrogens is 520 g/mol. The first-order valence-corrected chi connectivity index (χ1v) is 15.4. The van der Waals surface area contributed by atoms with Crippen LogP contribution in [0.4, 0.5) is 0 Å². The standard InChI is InChI=1S/C14H18.C13H22O.C9H12O.CH4O.CH2O/c1-3-5-10-13(9-4-2)14-11-7-6-8-12-14;1-2-3-4-9-13(14)11-10-12-7-5-6-8-12;1-7-5-4-6-9(10-3)8(7)2;2*1-2/h5-12H,3-4H2,1-2H3;10-12H,2-9H2,1H3;4-6H,1-3H3;2H,1H3;1H2/b10-5-,13-9+;11-10+;;;. The third-order valence-corrected chi connectivity index (χ3v) is 6.82. The molecule has 0 heterocycles. The molecule has 2 aromatic carbocycles. The van der Waals surface area contributed by atoms with Gasteiger partial charge in [0.15, 0.2) is 5.78 Å². The number of allylic oxidation sites excluding steroid dienone is 6. The molecule has 0 atom stereocenters. The topological polar surface area (TPSA) is 63.6 Å². The Morgan fingerprint density at radius 1 is 0.905 bits per heavy atom. The van der Waals surface area contributed by atoms with Crippen LogP contribution in [0.5, 0.6) is 5.75 Å². The third-order valence-electron chi connectivity index (χ3n) is 6.82. The van der Waals surface area contributed by atoms with Crippen molar-refractivity contribution in [1.82, 2.24) is 0 Å². The molecule has 234 valence electrons. The Morgan fingerprint density at radius 3 is 2.07 bits per heavy atom. The second kappa shape index (κ2) is 29.3. The first-order chi connectivity index (χ1) is 20.5. The van der Waals surface area contributed by atoms with Gasteiger partial charge in [-0.25, -0.2) is 0 Å². The maximum Gasteiger partial charge on any atom is 0.155 e. The van der Waals surface area contributed by atoms with Gasteiger partial charge in [-0.2, -0.15) is 0 Å². The molecule has 0 unspecified atom stereocenters. The van der Waals surface area contributed by atoms with E-state index in [-0.39, 0.29) is 0 Å². The average Bonchev–Trinajstić information content (AvgIpc) is 3.57. The van der Waals surface area contributed by atoms with E-state index in [0.29, 0.717) is 11.7 Å². The molecule has 0 amide bonds. The summed E-state index contributed by atoms with van der Waals surface area (Å²) in [5.74, 6) is 2.00. The summed E-state index contributed by atoms with van der Waals surface area (Å²) in [6.07, 6.45) is 22.3. The zero-order chi connectivity index (χ0) is 32.0. The van der Waals surface area contributed by atoms with Gasteiger partial charge >= 0.3 is 0 Å². The minimum atomic E-state index is 0.324. The summed E-state index contributed by atoms with van der Waals surface area (Å²) >= 11 is 0. The van der Waals surface area contributed by atoms with Crippen molar-refractivity contribution < 1.29 is 19.4 Å². The molecule has 1 fully saturated rings. The van der Waals surface area contributed by atoms with E-state index in [1.165, 1.54) is 60.8 Å². The molecule has 1 aliphatic rings. The number of ketones is 1. The van der Waals surface area contributed by atoms with Crippen LogP contribution in [0.2, 0.25) is 0 Å². The minimum absolute atomic E-state index is 0.324. The van der Waals surface area contributed by atoms with Gasteiger partial charge in [-0.15, -0.1) is 0 Å². The highest BCUT2D eigenvalue weighted by Crippen LogP contribution is 2.25. The summed E-state index contributed by atoms with van der Waals surface area (Å²) in [7, 11) is 2.70. The van der Waals surface area contributed by atoms with Crippen LogP contribution in [0.25, 0.3) is 5.57 Å². The highest BCUT2D eigenvalue weighted by molar-refractivity contribution is 5.89. The lowest BCUT2D eigenvalue weighted by Crippen LogP contribution is -1.94. The SMILES string of the molecule is C=O.CC/C=C\C(=C/CC)c1ccccc1.CCCCCC(=O)/C=C/C1CCCC1.CO.COc1cccc(C)c1C. The molecule has 1 saturated carbocycles. The number of hydrogen-bond acceptors (Lipinski definition) is 4. The zero-order valence-electron chi connectivity index (χ0n) is 27.5. The summed E-state index contributed by atoms with van der Waals surface area (Å²) in [6, 6.07) is 16.6. The second-order valence-electron chi connectivity index (χ2n) is 9.97. The van der Waals surface area contributed by atoms with Crippen molar-refractivity contribution >= 4 is 18.1 Å². The second-order valence-corrected chi connectivity index (χ2v) is 9.97. The average molecular weight is 579 g/mol. The summed E-state index contributed by atoms with van der Waals surface area (Å²) in [4.78, 5) is 19.4. The molecule has 0 saturated heterocycles. The Labute approximate surface area is 257 Å². The summed E-state index contributed by atoms with van der Waals surface area (Å²) in [5.41, 5.74) is 5.14. The molecule has 0 bridgehead atoms. The molecule has 4 heteroatoms. The number of benzene rings is 2. The van der Waals surface area contributed by atoms with E-state index in [0.717, 1.165) is 38.5 Å². The number of rotatable bonds is 11. The van der Waals surface area contributed by atoms with Crippen LogP contribution in [0, 0.1) is 19.8 Å². The Bertz CT molecular complexity index is 999. The zero-order valence-corrected chi connectivity index (χ0v) is 27.5. The van der Waals surface area contributed by atoms with Crippen LogP contribution in [-0.2, 0) is 9.59 Å². The number of aliphatic hydroxyl groups excluding tert-OH is 1. The van der Waals surface area contributed by atoms with Crippen LogP contribution < -0.4 is 4.74 Å². The van der Waals surface area contributed by atoms with Gasteiger partial charge in [0, 0.05) is 13.5 Å². The van der Waals surface area contributed by atoms with Gasteiger partial charge in [0.1, 0.15) is 12.5 Å². The molecule has 2 aromatic rings. The van der Waals surface area contributed by atoms with Gasteiger partial charge in [-0.3, -0.25) is 4.79 Å². The molecule has 4 nitrogen and oxygen atoms in total. The highest BCUT2D eigenvalue weighted by atomic mass is 16.5. The molecule has 1 aliphatic carbocycles. The molecule has 0 aliphatic heterocycles. The van der Waals surface area contributed by atoms with E-state index in [1.54, 1.807) is 7.11 Å². The van der Waals surface area contributed by atoms with Crippen LogP contribution in [0.15, 0.2) is 78.9 Å². The van der Waals surface area contributed by atoms with E-state index in [4.69, 9.17) is 14.6 Å². The molecule has 0 spiro atoms. The number of unbranched alkanes of at least 4 members (excludes halogenated alkanes) is 2. The van der Waals surface area contributed by atoms with Crippen molar-refractivity contribution in [2.75, 3.05) is 14.2 Å². The maximum absolute atomic E-state index is 11.4. The Morgan fingerprint density at radius 2 is 1.55 bits per heavy atom. The number of hydrogen-bond donors (Lipinski definition) is 1. The van der Waals surface area contributed by atoms with E-state index in [1.807, 2.05) is 25.0 Å². The number of methoxy groups -OCH3 is 1. The van der Waals surface area contributed by atoms with Crippen LogP contribution in [-0.4, -0.2) is 31.9 Å². The van der Waals surface area contributed by atoms with E-state index < -0.39 is 0 Å². The van der Waals surface area contributed by atoms with Gasteiger partial charge in [0.05, 0.1) is 7.11 Å². The summed E-state index contributed by atoms with van der Waals surface area (Å²) < 4.78 is 5.13. The third kappa shape index (κ3) is 19.8. The molecule has 3 rings (SSSR count). The molecular formula is C38H58O4. The molecule has 1 N–H and O–H groups in total. The predicted molar refractivity (Wildman–Crippen MR) is 182 cm³/mol. The van der Waals surface area contributed by atoms with E-state index in [9.17, 15) is 4.79 Å². The lowest BCUT2D eigenvalue weighted by Gasteiger charge is -2.05. The van der Waals surface area contributed by atoms with Gasteiger partial charge in [0.25, 0.3) is 0 Å². The van der Waals surface area contributed by atoms with Crippen LogP contribution >= 0.6 is 0 Å². The number of carbonyl (C=O) groups excluding carboxylic acids is 2. The van der Waals surface area contributed by atoms with Crippen LogP contribution in [0.1, 0.15) is 102 Å². The van der Waals surface area contributed by atoms with Gasteiger partial charge < -0.3 is 14.6 Å². The van der Waals surface area contributed by atoms with Crippen molar-refractivity contribution in [2.24, 2.45) is 5.92 Å². The number of ether oxygens (including phenoxy) is 1. The first kappa shape index (κ1) is 40.9. The van der Waals surface area contributed by atoms with Crippen molar-refractivity contribution in [2.45, 2.75) is 98.8 Å². The van der Waals surface area contributed by atoms with E-state index >= 15 is 0 Å². The van der Waals surface area contributed by atoms with Gasteiger partial charge in [0.2, 0.25) is 0 Å². The first-order valence-electron chi connectivity index (χ1n) is 15.4. The largest absolute Gasteiger partial charge is 0.496 e. The Kier molecular flexibility index (Phi) is 28.5. The van der Waals surface area contributed by atoms with Crippen LogP contribution in [0.3, 0.4) is 0 Å². The lowest BCUT2D eigenvalue weighted by atomic mass is 10.0. The number of aliphatic hydroxyl groups is 1. The quantitative estimate of drug-likeness (QED) is 0.164. The van der Waals surface area contributed by atoms with Crippen molar-refractivity contribution in [3.05, 3.63) is 95.6 Å². The maximum atomic E-state index is 11.4. The normalized spacial score (nSPS) is 12.6. The van der Waals surface area contributed by atoms with Gasteiger partial charge in [-0.1, -0.05) is 113 Å². The van der Waals surface area contributed by atoms with Crippen molar-refractivity contribution in [3.8, 4) is 5.75 Å². The monoisotopic (exact) mass is 578 g/mol. The fraction of sp³-hybridized carbons (Fsp3) is 0.474. The Balaban J connectivity index is 0. The van der Waals surface area contributed by atoms with E-state index in [2.05, 4.69) is 95.3 Å².